The summed E-state index contributed by atoms with van der Waals surface area (Å²) in [6.45, 7) is 4.60. The Bertz CT molecular complexity index is 1260. The topological polar surface area (TPSA) is 93.4 Å². The second-order valence-corrected chi connectivity index (χ2v) is 7.38. The van der Waals surface area contributed by atoms with Crippen molar-refractivity contribution in [1.29, 1.82) is 0 Å². The lowest BCUT2D eigenvalue weighted by atomic mass is 10.2. The van der Waals surface area contributed by atoms with E-state index in [4.69, 9.17) is 9.72 Å². The average molecular weight is 432 g/mol. The maximum atomic E-state index is 13.4. The summed E-state index contributed by atoms with van der Waals surface area (Å²) in [6.07, 6.45) is 4.49. The fraction of sp³-hybridized carbons (Fsp3) is 0.227. The third-order valence-corrected chi connectivity index (χ3v) is 5.06. The molecule has 0 radical (unpaired) electrons. The molecular weight excluding hydrogens is 411 g/mol. The van der Waals surface area contributed by atoms with Gasteiger partial charge in [0.25, 0.3) is 0 Å². The van der Waals surface area contributed by atoms with E-state index in [9.17, 15) is 4.39 Å². The largest absolute Gasteiger partial charge is 0.378 e. The van der Waals surface area contributed by atoms with Crippen LogP contribution in [0.15, 0.2) is 54.0 Å². The van der Waals surface area contributed by atoms with Crippen LogP contribution in [0.1, 0.15) is 11.1 Å². The van der Waals surface area contributed by atoms with Crippen LogP contribution in [0.4, 0.5) is 16.2 Å². The standard InChI is InChI=1S/C22H21FN8O/c1-15-3-2-4-16(11-15)12-26-29-20-19-21(28-22(27-20)30-7-9-32-10-8-30)31(14-25-19)18-6-5-17(23)13-24-18/h2-6,11-14H,7-10H2,1H3,(H,27,28,29)/b26-12+. The van der Waals surface area contributed by atoms with E-state index in [0.29, 0.717) is 55.1 Å². The molecule has 32 heavy (non-hydrogen) atoms. The van der Waals surface area contributed by atoms with Gasteiger partial charge in [0, 0.05) is 13.1 Å². The van der Waals surface area contributed by atoms with E-state index in [2.05, 4.69) is 25.5 Å². The minimum absolute atomic E-state index is 0.408. The highest BCUT2D eigenvalue weighted by molar-refractivity contribution is 5.86. The maximum absolute atomic E-state index is 13.4. The molecule has 0 amide bonds. The molecule has 0 saturated carbocycles. The number of benzene rings is 1. The van der Waals surface area contributed by atoms with Gasteiger partial charge in [0.2, 0.25) is 5.95 Å². The second-order valence-electron chi connectivity index (χ2n) is 7.38. The Morgan fingerprint density at radius 2 is 2.00 bits per heavy atom. The van der Waals surface area contributed by atoms with Crippen molar-refractivity contribution in [1.82, 2.24) is 24.5 Å². The number of fused-ring (bicyclic) bond motifs is 1. The van der Waals surface area contributed by atoms with Gasteiger partial charge in [-0.1, -0.05) is 29.8 Å². The number of nitrogens with zero attached hydrogens (tertiary/aromatic N) is 7. The Balaban J connectivity index is 1.55. The highest BCUT2D eigenvalue weighted by Crippen LogP contribution is 2.25. The van der Waals surface area contributed by atoms with Crippen molar-refractivity contribution in [2.45, 2.75) is 6.92 Å². The van der Waals surface area contributed by atoms with Crippen LogP contribution in [0, 0.1) is 12.7 Å². The molecule has 1 N–H and O–H groups in total. The van der Waals surface area contributed by atoms with E-state index in [1.54, 1.807) is 23.2 Å². The number of ether oxygens (including phenoxy) is 1. The van der Waals surface area contributed by atoms with Crippen molar-refractivity contribution in [3.63, 3.8) is 0 Å². The highest BCUT2D eigenvalue weighted by atomic mass is 19.1. The van der Waals surface area contributed by atoms with E-state index in [0.717, 1.165) is 17.3 Å². The molecule has 1 aliphatic heterocycles. The summed E-state index contributed by atoms with van der Waals surface area (Å²) < 4.78 is 20.5. The predicted octanol–water partition coefficient (Wildman–Crippen LogP) is 2.94. The molecule has 0 aliphatic carbocycles. The Morgan fingerprint density at radius 3 is 2.78 bits per heavy atom. The highest BCUT2D eigenvalue weighted by Gasteiger charge is 2.20. The minimum Gasteiger partial charge on any atom is -0.378 e. The maximum Gasteiger partial charge on any atom is 0.229 e. The fourth-order valence-corrected chi connectivity index (χ4v) is 3.47. The molecule has 9 nitrogen and oxygen atoms in total. The number of morpholine rings is 1. The Labute approximate surface area is 183 Å². The normalized spacial score (nSPS) is 14.4. The number of aromatic nitrogens is 5. The lowest BCUT2D eigenvalue weighted by Gasteiger charge is -2.27. The van der Waals surface area contributed by atoms with Crippen molar-refractivity contribution < 1.29 is 9.13 Å². The molecule has 4 aromatic rings. The van der Waals surface area contributed by atoms with Gasteiger partial charge in [0.05, 0.1) is 25.6 Å². The van der Waals surface area contributed by atoms with Crippen molar-refractivity contribution >= 4 is 29.1 Å². The van der Waals surface area contributed by atoms with Crippen molar-refractivity contribution in [3.05, 3.63) is 65.9 Å². The Kier molecular flexibility index (Phi) is 5.42. The number of hydrogen-bond donors (Lipinski definition) is 1. The van der Waals surface area contributed by atoms with Crippen molar-refractivity contribution in [2.75, 3.05) is 36.6 Å². The molecule has 10 heteroatoms. The van der Waals surface area contributed by atoms with Gasteiger partial charge < -0.3 is 9.64 Å². The van der Waals surface area contributed by atoms with E-state index in [1.807, 2.05) is 36.1 Å². The molecule has 4 heterocycles. The van der Waals surface area contributed by atoms with E-state index >= 15 is 0 Å². The summed E-state index contributed by atoms with van der Waals surface area (Å²) in [7, 11) is 0. The monoisotopic (exact) mass is 432 g/mol. The number of hydrogen-bond acceptors (Lipinski definition) is 8. The molecule has 1 aromatic carbocycles. The lowest BCUT2D eigenvalue weighted by molar-refractivity contribution is 0.122. The fourth-order valence-electron chi connectivity index (χ4n) is 3.47. The number of imidazole rings is 1. The third kappa shape index (κ3) is 4.12. The predicted molar refractivity (Wildman–Crippen MR) is 120 cm³/mol. The first-order chi connectivity index (χ1) is 15.7. The van der Waals surface area contributed by atoms with Crippen LogP contribution in [0.25, 0.3) is 17.0 Å². The number of anilines is 2. The van der Waals surface area contributed by atoms with Crippen LogP contribution < -0.4 is 10.3 Å². The Hall–Kier alpha value is -3.92. The lowest BCUT2D eigenvalue weighted by Crippen LogP contribution is -2.37. The number of aryl methyl sites for hydroxylation is 1. The molecule has 0 atom stereocenters. The van der Waals surface area contributed by atoms with Crippen LogP contribution >= 0.6 is 0 Å². The van der Waals surface area contributed by atoms with Gasteiger partial charge in [0.15, 0.2) is 17.0 Å². The summed E-state index contributed by atoms with van der Waals surface area (Å²) in [4.78, 5) is 20.1. The zero-order valence-electron chi connectivity index (χ0n) is 17.4. The first-order valence-corrected chi connectivity index (χ1v) is 10.2. The zero-order chi connectivity index (χ0) is 21.9. The first kappa shape index (κ1) is 20.0. The molecule has 5 rings (SSSR count). The molecule has 1 fully saturated rings. The molecule has 0 spiro atoms. The second kappa shape index (κ2) is 8.67. The molecule has 3 aromatic heterocycles. The molecule has 1 saturated heterocycles. The molecule has 0 unspecified atom stereocenters. The number of pyridine rings is 1. The molecular formula is C22H21FN8O. The SMILES string of the molecule is Cc1cccc(/C=N/Nc2nc(N3CCOCC3)nc3c2ncn3-c2ccc(F)cn2)c1. The summed E-state index contributed by atoms with van der Waals surface area (Å²) in [6, 6.07) is 11.0. The number of rotatable bonds is 5. The number of hydrazone groups is 1. The Morgan fingerprint density at radius 1 is 1.12 bits per heavy atom. The van der Waals surface area contributed by atoms with E-state index in [-0.39, 0.29) is 0 Å². The first-order valence-electron chi connectivity index (χ1n) is 10.2. The van der Waals surface area contributed by atoms with Crippen LogP contribution in [-0.2, 0) is 4.74 Å². The molecule has 1 aliphatic rings. The van der Waals surface area contributed by atoms with Gasteiger partial charge in [-0.15, -0.1) is 0 Å². The number of halogens is 1. The van der Waals surface area contributed by atoms with Gasteiger partial charge >= 0.3 is 0 Å². The quantitative estimate of drug-likeness (QED) is 0.383. The average Bonchev–Trinajstić information content (AvgIpc) is 3.24. The third-order valence-electron chi connectivity index (χ3n) is 5.06. The van der Waals surface area contributed by atoms with Crippen LogP contribution in [0.2, 0.25) is 0 Å². The molecule has 0 bridgehead atoms. The summed E-state index contributed by atoms with van der Waals surface area (Å²) in [5.41, 5.74) is 6.22. The van der Waals surface area contributed by atoms with Crippen LogP contribution in [0.3, 0.4) is 0 Å². The molecule has 162 valence electrons. The zero-order valence-corrected chi connectivity index (χ0v) is 17.4. The van der Waals surface area contributed by atoms with Crippen LogP contribution in [-0.4, -0.2) is 57.0 Å². The van der Waals surface area contributed by atoms with Gasteiger partial charge in [-0.05, 0) is 24.6 Å². The van der Waals surface area contributed by atoms with E-state index < -0.39 is 5.82 Å². The van der Waals surface area contributed by atoms with Crippen molar-refractivity contribution in [3.8, 4) is 5.82 Å². The van der Waals surface area contributed by atoms with Gasteiger partial charge in [0.1, 0.15) is 18.0 Å². The van der Waals surface area contributed by atoms with E-state index in [1.165, 1.54) is 6.07 Å². The minimum atomic E-state index is -0.408. The summed E-state index contributed by atoms with van der Waals surface area (Å²) in [5.74, 6) is 1.11. The number of nitrogens with one attached hydrogen (secondary N) is 1. The summed E-state index contributed by atoms with van der Waals surface area (Å²) in [5, 5.41) is 4.36. The van der Waals surface area contributed by atoms with Gasteiger partial charge in [-0.3, -0.25) is 9.99 Å². The van der Waals surface area contributed by atoms with Gasteiger partial charge in [-0.2, -0.15) is 15.1 Å². The smallest absolute Gasteiger partial charge is 0.229 e. The van der Waals surface area contributed by atoms with Gasteiger partial charge in [-0.25, -0.2) is 14.4 Å². The van der Waals surface area contributed by atoms with Crippen molar-refractivity contribution in [2.24, 2.45) is 5.10 Å². The van der Waals surface area contributed by atoms with Crippen LogP contribution in [0.5, 0.6) is 0 Å². The summed E-state index contributed by atoms with van der Waals surface area (Å²) >= 11 is 0.